The van der Waals surface area contributed by atoms with Crippen molar-refractivity contribution in [3.05, 3.63) is 17.2 Å². The Labute approximate surface area is 129 Å². The van der Waals surface area contributed by atoms with Crippen LogP contribution in [0.4, 0.5) is 11.6 Å². The van der Waals surface area contributed by atoms with E-state index in [1.807, 2.05) is 12.1 Å². The summed E-state index contributed by atoms with van der Waals surface area (Å²) in [6.45, 7) is 4.21. The molecule has 6 heteroatoms. The van der Waals surface area contributed by atoms with E-state index in [1.165, 1.54) is 12.8 Å². The summed E-state index contributed by atoms with van der Waals surface area (Å²) in [5.74, 6) is 1.09. The van der Waals surface area contributed by atoms with Gasteiger partial charge in [0.2, 0.25) is 5.95 Å². The first-order valence-electron chi connectivity index (χ1n) is 7.54. The second kappa shape index (κ2) is 4.78. The number of benzene rings is 1. The van der Waals surface area contributed by atoms with Gasteiger partial charge in [0.15, 0.2) is 0 Å². The molecule has 2 fully saturated rings. The number of fused-ring (bicyclic) bond motifs is 1. The van der Waals surface area contributed by atoms with Crippen LogP contribution in [-0.4, -0.2) is 47.7 Å². The van der Waals surface area contributed by atoms with Crippen LogP contribution in [0.1, 0.15) is 18.9 Å². The number of nitrogens with two attached hydrogens (primary N) is 1. The maximum absolute atomic E-state index is 6.15. The fourth-order valence-corrected chi connectivity index (χ4v) is 3.20. The molecule has 1 aliphatic carbocycles. The van der Waals surface area contributed by atoms with E-state index in [-0.39, 0.29) is 0 Å². The van der Waals surface area contributed by atoms with Crippen LogP contribution in [0.15, 0.2) is 12.1 Å². The molecule has 0 amide bonds. The van der Waals surface area contributed by atoms with Crippen molar-refractivity contribution in [2.24, 2.45) is 0 Å². The molecule has 2 aromatic rings. The molecule has 0 atom stereocenters. The number of halogens is 1. The molecule has 2 aliphatic rings. The van der Waals surface area contributed by atoms with Gasteiger partial charge >= 0.3 is 0 Å². The normalized spacial score (nSPS) is 20.4. The number of aromatic nitrogens is 2. The smallest absolute Gasteiger partial charge is 0.206 e. The summed E-state index contributed by atoms with van der Waals surface area (Å²) in [6, 6.07) is 4.44. The highest BCUT2D eigenvalue weighted by Crippen LogP contribution is 2.42. The van der Waals surface area contributed by atoms with Crippen LogP contribution in [0, 0.1) is 0 Å². The Morgan fingerprint density at radius 2 is 1.90 bits per heavy atom. The van der Waals surface area contributed by atoms with E-state index >= 15 is 0 Å². The van der Waals surface area contributed by atoms with Crippen LogP contribution >= 0.6 is 11.6 Å². The lowest BCUT2D eigenvalue weighted by Gasteiger charge is -2.33. The van der Waals surface area contributed by atoms with Gasteiger partial charge in [-0.25, -0.2) is 4.98 Å². The lowest BCUT2D eigenvalue weighted by Crippen LogP contribution is -2.45. The van der Waals surface area contributed by atoms with Gasteiger partial charge in [-0.15, -0.1) is 0 Å². The van der Waals surface area contributed by atoms with Crippen LogP contribution in [0.5, 0.6) is 0 Å². The highest BCUT2D eigenvalue weighted by Gasteiger charge is 2.31. The van der Waals surface area contributed by atoms with E-state index in [2.05, 4.69) is 21.4 Å². The van der Waals surface area contributed by atoms with Gasteiger partial charge in [-0.1, -0.05) is 11.6 Å². The minimum Gasteiger partial charge on any atom is -0.397 e. The van der Waals surface area contributed by atoms with Crippen LogP contribution in [0.2, 0.25) is 5.02 Å². The minimum atomic E-state index is 0.574. The van der Waals surface area contributed by atoms with Gasteiger partial charge in [-0.3, -0.25) is 0 Å². The molecule has 0 spiro atoms. The molecular formula is C15H20ClN5. The Morgan fingerprint density at radius 3 is 2.57 bits per heavy atom. The molecule has 0 bridgehead atoms. The molecule has 5 nitrogen and oxygen atoms in total. The van der Waals surface area contributed by atoms with Gasteiger partial charge in [-0.05, 0) is 32.0 Å². The Bertz CT molecular complexity index is 683. The van der Waals surface area contributed by atoms with Crippen molar-refractivity contribution in [2.75, 3.05) is 43.9 Å². The van der Waals surface area contributed by atoms with E-state index in [0.29, 0.717) is 16.8 Å². The first kappa shape index (κ1) is 13.2. The predicted octanol–water partition coefficient (Wildman–Crippen LogP) is 2.36. The maximum atomic E-state index is 6.15. The topological polar surface area (TPSA) is 50.3 Å². The summed E-state index contributed by atoms with van der Waals surface area (Å²) in [5, 5.41) is 0.591. The van der Waals surface area contributed by atoms with Crippen molar-refractivity contribution in [1.82, 2.24) is 14.5 Å². The second-order valence-electron chi connectivity index (χ2n) is 6.17. The lowest BCUT2D eigenvalue weighted by molar-refractivity contribution is 0.310. The molecule has 1 saturated carbocycles. The van der Waals surface area contributed by atoms with Crippen LogP contribution in [0.25, 0.3) is 11.0 Å². The van der Waals surface area contributed by atoms with Crippen LogP contribution in [0.3, 0.4) is 0 Å². The zero-order chi connectivity index (χ0) is 14.6. The van der Waals surface area contributed by atoms with E-state index in [1.54, 1.807) is 0 Å². The standard InChI is InChI=1S/C15H20ClN5/c1-19-4-6-20(7-5-19)15-18-13-8-11(16)12(17)9-14(13)21(15)10-2-3-10/h8-10H,2-7,17H2,1H3. The second-order valence-corrected chi connectivity index (χ2v) is 6.57. The molecule has 2 N–H and O–H groups in total. The Balaban J connectivity index is 1.82. The Hall–Kier alpha value is -1.46. The molecule has 21 heavy (non-hydrogen) atoms. The summed E-state index contributed by atoms with van der Waals surface area (Å²) < 4.78 is 2.37. The monoisotopic (exact) mass is 305 g/mol. The summed E-state index contributed by atoms with van der Waals surface area (Å²) in [4.78, 5) is 9.60. The van der Waals surface area contributed by atoms with E-state index in [0.717, 1.165) is 43.2 Å². The fraction of sp³-hybridized carbons (Fsp3) is 0.533. The maximum Gasteiger partial charge on any atom is 0.206 e. The highest BCUT2D eigenvalue weighted by molar-refractivity contribution is 6.33. The third-order valence-corrected chi connectivity index (χ3v) is 4.81. The minimum absolute atomic E-state index is 0.574. The molecular weight excluding hydrogens is 286 g/mol. The van der Waals surface area contributed by atoms with Crippen molar-refractivity contribution in [3.63, 3.8) is 0 Å². The summed E-state index contributed by atoms with van der Waals surface area (Å²) in [5.41, 5.74) is 8.70. The number of nitrogen functional groups attached to an aromatic ring is 1. The summed E-state index contributed by atoms with van der Waals surface area (Å²) in [6.07, 6.45) is 2.46. The number of nitrogens with zero attached hydrogens (tertiary/aromatic N) is 4. The number of imidazole rings is 1. The van der Waals surface area contributed by atoms with Crippen molar-refractivity contribution < 1.29 is 0 Å². The molecule has 4 rings (SSSR count). The number of hydrogen-bond acceptors (Lipinski definition) is 4. The molecule has 1 aromatic heterocycles. The Morgan fingerprint density at radius 1 is 1.19 bits per heavy atom. The van der Waals surface area contributed by atoms with Crippen LogP contribution in [-0.2, 0) is 0 Å². The molecule has 0 unspecified atom stereocenters. The molecule has 1 saturated heterocycles. The molecule has 0 radical (unpaired) electrons. The first-order chi connectivity index (χ1) is 10.1. The van der Waals surface area contributed by atoms with E-state index in [9.17, 15) is 0 Å². The van der Waals surface area contributed by atoms with E-state index in [4.69, 9.17) is 22.3 Å². The lowest BCUT2D eigenvalue weighted by atomic mass is 10.3. The van der Waals surface area contributed by atoms with Gasteiger partial charge in [0.1, 0.15) is 0 Å². The molecule has 1 aliphatic heterocycles. The quantitative estimate of drug-likeness (QED) is 0.865. The van der Waals surface area contributed by atoms with Crippen molar-refractivity contribution >= 4 is 34.3 Å². The average Bonchev–Trinajstić information content (AvgIpc) is 3.23. The van der Waals surface area contributed by atoms with Gasteiger partial charge in [0.05, 0.1) is 21.7 Å². The SMILES string of the molecule is CN1CCN(c2nc3cc(Cl)c(N)cc3n2C2CC2)CC1. The summed E-state index contributed by atoms with van der Waals surface area (Å²) >= 11 is 6.15. The number of hydrogen-bond donors (Lipinski definition) is 1. The number of anilines is 2. The molecule has 112 valence electrons. The zero-order valence-electron chi connectivity index (χ0n) is 12.2. The predicted molar refractivity (Wildman–Crippen MR) is 87.1 cm³/mol. The molecule has 1 aromatic carbocycles. The summed E-state index contributed by atoms with van der Waals surface area (Å²) in [7, 11) is 2.17. The Kier molecular flexibility index (Phi) is 3.01. The fourth-order valence-electron chi connectivity index (χ4n) is 3.04. The average molecular weight is 306 g/mol. The van der Waals surface area contributed by atoms with Crippen molar-refractivity contribution in [2.45, 2.75) is 18.9 Å². The van der Waals surface area contributed by atoms with E-state index < -0.39 is 0 Å². The third kappa shape index (κ3) is 2.24. The van der Waals surface area contributed by atoms with Crippen molar-refractivity contribution in [3.8, 4) is 0 Å². The van der Waals surface area contributed by atoms with Gasteiger partial charge < -0.3 is 20.1 Å². The number of rotatable bonds is 2. The van der Waals surface area contributed by atoms with Crippen molar-refractivity contribution in [1.29, 1.82) is 0 Å². The van der Waals surface area contributed by atoms with Crippen LogP contribution < -0.4 is 10.6 Å². The largest absolute Gasteiger partial charge is 0.397 e. The number of likely N-dealkylation sites (N-methyl/N-ethyl adjacent to an activating group) is 1. The first-order valence-corrected chi connectivity index (χ1v) is 7.92. The third-order valence-electron chi connectivity index (χ3n) is 4.49. The van der Waals surface area contributed by atoms with Gasteiger partial charge in [0, 0.05) is 32.2 Å². The van der Waals surface area contributed by atoms with Gasteiger partial charge in [0.25, 0.3) is 0 Å². The van der Waals surface area contributed by atoms with Gasteiger partial charge in [-0.2, -0.15) is 0 Å². The number of piperazine rings is 1. The molecule has 2 heterocycles. The highest BCUT2D eigenvalue weighted by atomic mass is 35.5. The zero-order valence-corrected chi connectivity index (χ0v) is 13.0.